The summed E-state index contributed by atoms with van der Waals surface area (Å²) < 4.78 is 37.5. The van der Waals surface area contributed by atoms with Crippen LogP contribution in [0.15, 0.2) is 0 Å². The molecule has 0 spiro atoms. The monoisotopic (exact) mass is 485 g/mol. The fourth-order valence-electron chi connectivity index (χ4n) is 3.26. The number of carboxylic acids is 1. The van der Waals surface area contributed by atoms with E-state index in [4.69, 9.17) is 25.5 Å². The van der Waals surface area contributed by atoms with Gasteiger partial charge < -0.3 is 41.1 Å². The number of piperidine rings is 2. The molecule has 2 saturated heterocycles. The summed E-state index contributed by atoms with van der Waals surface area (Å²) in [5, 5.41) is 21.4. The Morgan fingerprint density at radius 1 is 1.03 bits per heavy atom. The number of likely N-dealkylation sites (tertiary alicyclic amines) is 2. The van der Waals surface area contributed by atoms with Crippen molar-refractivity contribution in [1.82, 2.24) is 20.4 Å². The first-order valence-electron chi connectivity index (χ1n) is 10.3. The summed E-state index contributed by atoms with van der Waals surface area (Å²) in [6, 6.07) is -0.879. The fraction of sp³-hybridized carbons (Fsp3) is 0.778. The average Bonchev–Trinajstić information content (AvgIpc) is 2.77. The standard InChI is InChI=1S/C16H29N5O5.C2HF3O2/c1-18-15(23)19-11-2-6-20(7-3-11)14(22)13(17)10-26-12-4-8-21(9-5-12)16(24)25;3-2(4,5)1(6)7/h11-13H,2-10,17H2,1H3,(H,24,25)(H2,18,19,23);(H,6,7). The molecule has 12 nitrogen and oxygen atoms in total. The van der Waals surface area contributed by atoms with Crippen LogP contribution >= 0.6 is 0 Å². The van der Waals surface area contributed by atoms with Gasteiger partial charge in [-0.25, -0.2) is 14.4 Å². The molecule has 0 bridgehead atoms. The minimum Gasteiger partial charge on any atom is -0.475 e. The Hall–Kier alpha value is -2.81. The van der Waals surface area contributed by atoms with Crippen molar-refractivity contribution in [3.63, 3.8) is 0 Å². The Labute approximate surface area is 188 Å². The number of aliphatic carboxylic acids is 1. The minimum absolute atomic E-state index is 0.0610. The van der Waals surface area contributed by atoms with Crippen LogP contribution in [-0.4, -0.2) is 108 Å². The van der Waals surface area contributed by atoms with Crippen LogP contribution in [0.1, 0.15) is 25.7 Å². The molecule has 4 amide bonds. The number of nitrogens with two attached hydrogens (primary N) is 1. The van der Waals surface area contributed by atoms with E-state index in [9.17, 15) is 27.6 Å². The SMILES string of the molecule is CNC(=O)NC1CCN(C(=O)C(N)COC2CCN(C(=O)O)CC2)CC1.O=C(O)C(F)(F)F. The van der Waals surface area contributed by atoms with Crippen molar-refractivity contribution in [3.05, 3.63) is 0 Å². The number of carbonyl (C=O) groups is 4. The molecular weight excluding hydrogens is 455 g/mol. The third kappa shape index (κ3) is 10.1. The average molecular weight is 485 g/mol. The highest BCUT2D eigenvalue weighted by atomic mass is 19.4. The molecule has 0 aromatic heterocycles. The van der Waals surface area contributed by atoms with Gasteiger partial charge in [-0.05, 0) is 25.7 Å². The molecule has 2 aliphatic heterocycles. The van der Waals surface area contributed by atoms with Crippen LogP contribution in [0.5, 0.6) is 0 Å². The Kier molecular flexibility index (Phi) is 11.1. The maximum atomic E-state index is 12.4. The van der Waals surface area contributed by atoms with E-state index in [1.165, 1.54) is 4.90 Å². The molecule has 0 aromatic carbocycles. The predicted octanol–water partition coefficient (Wildman–Crippen LogP) is 0.0260. The van der Waals surface area contributed by atoms with Gasteiger partial charge in [0.05, 0.1) is 12.7 Å². The number of urea groups is 1. The van der Waals surface area contributed by atoms with Gasteiger partial charge in [0.15, 0.2) is 0 Å². The van der Waals surface area contributed by atoms with E-state index in [-0.39, 0.29) is 30.7 Å². The van der Waals surface area contributed by atoms with E-state index < -0.39 is 24.3 Å². The van der Waals surface area contributed by atoms with Gasteiger partial charge in [-0.3, -0.25) is 4.79 Å². The number of ether oxygens (including phenoxy) is 1. The second kappa shape index (κ2) is 13.0. The molecule has 33 heavy (non-hydrogen) atoms. The molecule has 0 saturated carbocycles. The van der Waals surface area contributed by atoms with Crippen LogP contribution in [0.2, 0.25) is 0 Å². The number of carbonyl (C=O) groups excluding carboxylic acids is 2. The zero-order valence-corrected chi connectivity index (χ0v) is 18.1. The van der Waals surface area contributed by atoms with Crippen molar-refractivity contribution in [2.45, 2.75) is 50.0 Å². The number of carboxylic acid groups (broad SMARTS) is 2. The van der Waals surface area contributed by atoms with Crippen LogP contribution in [0, 0.1) is 0 Å². The Balaban J connectivity index is 0.000000675. The number of hydrogen-bond acceptors (Lipinski definition) is 6. The van der Waals surface area contributed by atoms with E-state index in [1.54, 1.807) is 11.9 Å². The minimum atomic E-state index is -5.08. The first-order valence-corrected chi connectivity index (χ1v) is 10.3. The highest BCUT2D eigenvalue weighted by Gasteiger charge is 2.38. The summed E-state index contributed by atoms with van der Waals surface area (Å²) in [7, 11) is 1.57. The van der Waals surface area contributed by atoms with E-state index >= 15 is 0 Å². The van der Waals surface area contributed by atoms with Gasteiger partial charge >= 0.3 is 24.3 Å². The molecule has 0 aliphatic carbocycles. The van der Waals surface area contributed by atoms with Crippen molar-refractivity contribution in [1.29, 1.82) is 0 Å². The smallest absolute Gasteiger partial charge is 0.475 e. The number of hydrogen-bond donors (Lipinski definition) is 5. The zero-order valence-electron chi connectivity index (χ0n) is 18.1. The topological polar surface area (TPSA) is 175 Å². The third-order valence-corrected chi connectivity index (χ3v) is 5.15. The zero-order chi connectivity index (χ0) is 25.2. The van der Waals surface area contributed by atoms with Gasteiger partial charge in [0.2, 0.25) is 5.91 Å². The Morgan fingerprint density at radius 2 is 1.52 bits per heavy atom. The first-order chi connectivity index (χ1) is 15.3. The molecule has 0 radical (unpaired) electrons. The van der Waals surface area contributed by atoms with Crippen LogP contribution in [0.4, 0.5) is 22.8 Å². The largest absolute Gasteiger partial charge is 0.490 e. The number of amides is 4. The lowest BCUT2D eigenvalue weighted by Gasteiger charge is -2.34. The van der Waals surface area contributed by atoms with Crippen LogP contribution in [-0.2, 0) is 14.3 Å². The van der Waals surface area contributed by atoms with E-state index in [1.807, 2.05) is 0 Å². The summed E-state index contributed by atoms with van der Waals surface area (Å²) in [5.74, 6) is -2.90. The molecule has 0 aromatic rings. The van der Waals surface area contributed by atoms with Gasteiger partial charge in [-0.1, -0.05) is 0 Å². The molecular formula is C18H30F3N5O7. The number of nitrogens with one attached hydrogen (secondary N) is 2. The number of nitrogens with zero attached hydrogens (tertiary/aromatic N) is 2. The molecule has 6 N–H and O–H groups in total. The molecule has 15 heteroatoms. The second-order valence-corrected chi connectivity index (χ2v) is 7.53. The van der Waals surface area contributed by atoms with Gasteiger partial charge in [-0.2, -0.15) is 13.2 Å². The van der Waals surface area contributed by atoms with Crippen molar-refractivity contribution in [2.24, 2.45) is 5.73 Å². The van der Waals surface area contributed by atoms with Gasteiger partial charge in [-0.15, -0.1) is 0 Å². The van der Waals surface area contributed by atoms with E-state index in [2.05, 4.69) is 10.6 Å². The van der Waals surface area contributed by atoms with Crippen LogP contribution < -0.4 is 16.4 Å². The lowest BCUT2D eigenvalue weighted by molar-refractivity contribution is -0.192. The van der Waals surface area contributed by atoms with E-state index in [0.29, 0.717) is 51.9 Å². The van der Waals surface area contributed by atoms with Crippen LogP contribution in [0.25, 0.3) is 0 Å². The second-order valence-electron chi connectivity index (χ2n) is 7.53. The maximum absolute atomic E-state index is 12.4. The van der Waals surface area contributed by atoms with Crippen molar-refractivity contribution in [3.8, 4) is 0 Å². The van der Waals surface area contributed by atoms with Gasteiger partial charge in [0.25, 0.3) is 0 Å². The number of alkyl halides is 3. The van der Waals surface area contributed by atoms with Gasteiger partial charge in [0.1, 0.15) is 6.04 Å². The summed E-state index contributed by atoms with van der Waals surface area (Å²) >= 11 is 0. The highest BCUT2D eigenvalue weighted by molar-refractivity contribution is 5.82. The summed E-state index contributed by atoms with van der Waals surface area (Å²) in [6.45, 7) is 2.12. The maximum Gasteiger partial charge on any atom is 0.490 e. The Morgan fingerprint density at radius 3 is 1.94 bits per heavy atom. The molecule has 1 unspecified atom stereocenters. The Bertz CT molecular complexity index is 679. The fourth-order valence-corrected chi connectivity index (χ4v) is 3.26. The lowest BCUT2D eigenvalue weighted by atomic mass is 10.0. The molecule has 2 aliphatic rings. The molecule has 2 fully saturated rings. The molecule has 1 atom stereocenters. The highest BCUT2D eigenvalue weighted by Crippen LogP contribution is 2.15. The van der Waals surface area contributed by atoms with Crippen molar-refractivity contribution < 1.29 is 47.3 Å². The van der Waals surface area contributed by atoms with E-state index in [0.717, 1.165) is 0 Å². The normalized spacial score (nSPS) is 18.6. The molecule has 2 rings (SSSR count). The quantitative estimate of drug-likeness (QED) is 0.362. The van der Waals surface area contributed by atoms with Gasteiger partial charge in [0, 0.05) is 39.3 Å². The predicted molar refractivity (Wildman–Crippen MR) is 107 cm³/mol. The van der Waals surface area contributed by atoms with Crippen molar-refractivity contribution >= 4 is 24.0 Å². The first kappa shape index (κ1) is 28.2. The van der Waals surface area contributed by atoms with Crippen molar-refractivity contribution in [2.75, 3.05) is 39.8 Å². The number of halogens is 3. The third-order valence-electron chi connectivity index (χ3n) is 5.15. The summed E-state index contributed by atoms with van der Waals surface area (Å²) in [6.07, 6.45) is -3.44. The lowest BCUT2D eigenvalue weighted by Crippen LogP contribution is -2.53. The number of rotatable bonds is 5. The molecule has 190 valence electrons. The summed E-state index contributed by atoms with van der Waals surface area (Å²) in [4.78, 5) is 46.6. The molecule has 2 heterocycles. The van der Waals surface area contributed by atoms with Crippen LogP contribution in [0.3, 0.4) is 0 Å². The summed E-state index contributed by atoms with van der Waals surface area (Å²) in [5.41, 5.74) is 5.98.